The molecule has 1 heterocycles. The topological polar surface area (TPSA) is 46.3 Å². The van der Waals surface area contributed by atoms with Crippen LogP contribution in [0.3, 0.4) is 0 Å². The van der Waals surface area contributed by atoms with Crippen LogP contribution in [0.25, 0.3) is 0 Å². The number of halogens is 1. The second-order valence-corrected chi connectivity index (χ2v) is 6.42. The maximum absolute atomic E-state index is 13.0. The van der Waals surface area contributed by atoms with Gasteiger partial charge in [0.1, 0.15) is 5.82 Å². The first kappa shape index (κ1) is 15.2. The zero-order valence-electron chi connectivity index (χ0n) is 11.9. The van der Waals surface area contributed by atoms with Crippen LogP contribution in [0.5, 0.6) is 0 Å². The minimum absolute atomic E-state index is 0.137. The Bertz CT molecular complexity index is 485. The van der Waals surface area contributed by atoms with Crippen LogP contribution >= 0.6 is 11.8 Å². The highest BCUT2D eigenvalue weighted by molar-refractivity contribution is 8.00. The van der Waals surface area contributed by atoms with Crippen molar-refractivity contribution >= 4 is 23.4 Å². The van der Waals surface area contributed by atoms with Gasteiger partial charge in [-0.2, -0.15) is 0 Å². The van der Waals surface area contributed by atoms with E-state index in [1.54, 1.807) is 6.07 Å². The molecule has 0 aromatic heterocycles. The van der Waals surface area contributed by atoms with Crippen molar-refractivity contribution in [1.29, 1.82) is 0 Å². The third-order valence-corrected chi connectivity index (χ3v) is 4.88. The number of likely N-dealkylation sites (tertiary alicyclic amines) is 1. The summed E-state index contributed by atoms with van der Waals surface area (Å²) in [5.74, 6) is 0.139. The molecule has 1 aliphatic rings. The number of hydrogen-bond donors (Lipinski definition) is 1. The first-order valence-corrected chi connectivity index (χ1v) is 7.96. The number of piperidine rings is 1. The van der Waals surface area contributed by atoms with Crippen LogP contribution in [-0.2, 0) is 4.79 Å². The number of carbonyl (C=O) groups is 1. The van der Waals surface area contributed by atoms with Crippen molar-refractivity contribution in [2.75, 3.05) is 11.5 Å². The van der Waals surface area contributed by atoms with Crippen LogP contribution in [0.2, 0.25) is 0 Å². The second kappa shape index (κ2) is 6.48. The number of thioether (sulfide) groups is 1. The summed E-state index contributed by atoms with van der Waals surface area (Å²) in [4.78, 5) is 15.1. The summed E-state index contributed by atoms with van der Waals surface area (Å²) >= 11 is 1.38. The molecule has 1 fully saturated rings. The minimum Gasteiger partial charge on any atom is -0.398 e. The zero-order valence-corrected chi connectivity index (χ0v) is 12.8. The van der Waals surface area contributed by atoms with Gasteiger partial charge in [-0.1, -0.05) is 0 Å². The molecule has 1 saturated heterocycles. The lowest BCUT2D eigenvalue weighted by atomic mass is 9.98. The molecule has 2 N–H and O–H groups in total. The van der Waals surface area contributed by atoms with Crippen LogP contribution in [-0.4, -0.2) is 28.6 Å². The summed E-state index contributed by atoms with van der Waals surface area (Å²) in [6, 6.07) is 4.90. The van der Waals surface area contributed by atoms with E-state index in [2.05, 4.69) is 13.8 Å². The van der Waals surface area contributed by atoms with Gasteiger partial charge in [-0.05, 0) is 51.3 Å². The fourth-order valence-electron chi connectivity index (χ4n) is 2.78. The molecule has 0 spiro atoms. The number of anilines is 1. The van der Waals surface area contributed by atoms with Crippen molar-refractivity contribution in [2.45, 2.75) is 50.1 Å². The Hall–Kier alpha value is -1.23. The van der Waals surface area contributed by atoms with Crippen LogP contribution in [0.15, 0.2) is 23.1 Å². The van der Waals surface area contributed by atoms with E-state index in [4.69, 9.17) is 5.73 Å². The SMILES string of the molecule is CC1CCCC(C)N1C(=O)CSc1ccc(F)cc1N. The minimum atomic E-state index is -0.351. The van der Waals surface area contributed by atoms with Gasteiger partial charge in [0, 0.05) is 22.7 Å². The van der Waals surface area contributed by atoms with Gasteiger partial charge in [-0.15, -0.1) is 11.8 Å². The molecule has 1 aromatic rings. The Morgan fingerprint density at radius 1 is 1.40 bits per heavy atom. The summed E-state index contributed by atoms with van der Waals surface area (Å²) < 4.78 is 13.0. The molecule has 1 aliphatic heterocycles. The molecule has 0 bridgehead atoms. The van der Waals surface area contributed by atoms with Crippen molar-refractivity contribution < 1.29 is 9.18 Å². The Morgan fingerprint density at radius 2 is 2.05 bits per heavy atom. The highest BCUT2D eigenvalue weighted by Gasteiger charge is 2.28. The average molecular weight is 296 g/mol. The van der Waals surface area contributed by atoms with Crippen molar-refractivity contribution in [2.24, 2.45) is 0 Å². The molecular formula is C15H21FN2OS. The van der Waals surface area contributed by atoms with Crippen LogP contribution in [0, 0.1) is 5.82 Å². The number of amides is 1. The number of nitrogens with two attached hydrogens (primary N) is 1. The largest absolute Gasteiger partial charge is 0.398 e. The van der Waals surface area contributed by atoms with E-state index < -0.39 is 0 Å². The normalized spacial score (nSPS) is 22.9. The fraction of sp³-hybridized carbons (Fsp3) is 0.533. The Balaban J connectivity index is 1.97. The maximum Gasteiger partial charge on any atom is 0.233 e. The van der Waals surface area contributed by atoms with Gasteiger partial charge in [0.2, 0.25) is 5.91 Å². The highest BCUT2D eigenvalue weighted by atomic mass is 32.2. The van der Waals surface area contributed by atoms with E-state index in [0.717, 1.165) is 17.7 Å². The molecule has 2 atom stereocenters. The molecule has 20 heavy (non-hydrogen) atoms. The summed E-state index contributed by atoms with van der Waals surface area (Å²) in [7, 11) is 0. The van der Waals surface area contributed by atoms with Gasteiger partial charge >= 0.3 is 0 Å². The number of nitrogen functional groups attached to an aromatic ring is 1. The van der Waals surface area contributed by atoms with Crippen molar-refractivity contribution in [3.05, 3.63) is 24.0 Å². The van der Waals surface area contributed by atoms with E-state index in [0.29, 0.717) is 23.5 Å². The van der Waals surface area contributed by atoms with Crippen LogP contribution < -0.4 is 5.73 Å². The zero-order chi connectivity index (χ0) is 14.7. The highest BCUT2D eigenvalue weighted by Crippen LogP contribution is 2.28. The third-order valence-electron chi connectivity index (χ3n) is 3.80. The molecule has 2 rings (SSSR count). The van der Waals surface area contributed by atoms with Gasteiger partial charge in [-0.25, -0.2) is 4.39 Å². The molecule has 2 unspecified atom stereocenters. The smallest absolute Gasteiger partial charge is 0.233 e. The first-order chi connectivity index (χ1) is 9.49. The molecule has 0 radical (unpaired) electrons. The average Bonchev–Trinajstić information content (AvgIpc) is 2.37. The molecule has 0 aliphatic carbocycles. The predicted molar refractivity (Wildman–Crippen MR) is 81.2 cm³/mol. The van der Waals surface area contributed by atoms with Crippen LogP contribution in [0.4, 0.5) is 10.1 Å². The lowest BCUT2D eigenvalue weighted by Crippen LogP contribution is -2.48. The number of rotatable bonds is 3. The monoisotopic (exact) mass is 296 g/mol. The third kappa shape index (κ3) is 3.45. The van der Waals surface area contributed by atoms with E-state index in [1.807, 2.05) is 4.90 Å². The summed E-state index contributed by atoms with van der Waals surface area (Å²) in [6.45, 7) is 4.20. The lowest BCUT2D eigenvalue weighted by molar-refractivity contribution is -0.134. The van der Waals surface area contributed by atoms with Crippen LogP contribution in [0.1, 0.15) is 33.1 Å². The number of nitrogens with zero attached hydrogens (tertiary/aromatic N) is 1. The van der Waals surface area contributed by atoms with E-state index in [1.165, 1.54) is 30.3 Å². The number of hydrogen-bond acceptors (Lipinski definition) is 3. The standard InChI is InChI=1S/C15H21FN2OS/c1-10-4-3-5-11(2)18(10)15(19)9-20-14-7-6-12(16)8-13(14)17/h6-8,10-11H,3-5,9,17H2,1-2H3. The van der Waals surface area contributed by atoms with Crippen molar-refractivity contribution in [3.63, 3.8) is 0 Å². The summed E-state index contributed by atoms with van der Waals surface area (Å²) in [6.07, 6.45) is 3.32. The molecule has 5 heteroatoms. The van der Waals surface area contributed by atoms with E-state index in [-0.39, 0.29) is 11.7 Å². The number of benzene rings is 1. The Kier molecular flexibility index (Phi) is 4.91. The molecule has 3 nitrogen and oxygen atoms in total. The maximum atomic E-state index is 13.0. The molecule has 1 aromatic carbocycles. The second-order valence-electron chi connectivity index (χ2n) is 5.40. The van der Waals surface area contributed by atoms with Gasteiger partial charge < -0.3 is 10.6 Å². The quantitative estimate of drug-likeness (QED) is 0.687. The van der Waals surface area contributed by atoms with Gasteiger partial charge in [0.05, 0.1) is 5.75 Å². The van der Waals surface area contributed by atoms with Crippen molar-refractivity contribution in [1.82, 2.24) is 4.90 Å². The lowest BCUT2D eigenvalue weighted by Gasteiger charge is -2.39. The van der Waals surface area contributed by atoms with E-state index >= 15 is 0 Å². The summed E-state index contributed by atoms with van der Waals surface area (Å²) in [5, 5.41) is 0. The molecule has 0 saturated carbocycles. The summed E-state index contributed by atoms with van der Waals surface area (Å²) in [5.41, 5.74) is 6.15. The Morgan fingerprint density at radius 3 is 2.65 bits per heavy atom. The predicted octanol–water partition coefficient (Wildman–Crippen LogP) is 3.29. The number of carbonyl (C=O) groups excluding carboxylic acids is 1. The van der Waals surface area contributed by atoms with Gasteiger partial charge in [-0.3, -0.25) is 4.79 Å². The van der Waals surface area contributed by atoms with Gasteiger partial charge in [0.15, 0.2) is 0 Å². The van der Waals surface area contributed by atoms with Gasteiger partial charge in [0.25, 0.3) is 0 Å². The molecule has 110 valence electrons. The van der Waals surface area contributed by atoms with Crippen molar-refractivity contribution in [3.8, 4) is 0 Å². The van der Waals surface area contributed by atoms with E-state index in [9.17, 15) is 9.18 Å². The molecular weight excluding hydrogens is 275 g/mol. The first-order valence-electron chi connectivity index (χ1n) is 6.98. The molecule has 1 amide bonds. The fourth-order valence-corrected chi connectivity index (χ4v) is 3.60. The Labute approximate surface area is 123 Å².